The lowest BCUT2D eigenvalue weighted by molar-refractivity contribution is -0.129. The highest BCUT2D eigenvalue weighted by Gasteiger charge is 2.33. The summed E-state index contributed by atoms with van der Waals surface area (Å²) in [6.45, 7) is 6.56. The standard InChI is InChI=1S/C21H30N4O4/c1-21(2)11-16-14(17(26)12-21)10-15(19(28)22-16)20(29)25-7-5-6-24(8-9-25)13-18(27)23(3)4/h10H,5-9,11-13H2,1-4H3,(H,22,28). The molecule has 0 spiro atoms. The lowest BCUT2D eigenvalue weighted by atomic mass is 9.75. The Morgan fingerprint density at radius 2 is 1.83 bits per heavy atom. The molecule has 2 amide bonds. The van der Waals surface area contributed by atoms with Crippen LogP contribution in [0.2, 0.25) is 0 Å². The summed E-state index contributed by atoms with van der Waals surface area (Å²) in [5, 5.41) is 0. The maximum absolute atomic E-state index is 13.0. The van der Waals surface area contributed by atoms with Gasteiger partial charge in [0.15, 0.2) is 5.78 Å². The molecule has 8 nitrogen and oxygen atoms in total. The van der Waals surface area contributed by atoms with Gasteiger partial charge in [0.05, 0.1) is 6.54 Å². The molecule has 0 radical (unpaired) electrons. The van der Waals surface area contributed by atoms with Gasteiger partial charge < -0.3 is 14.8 Å². The number of aromatic amines is 1. The third kappa shape index (κ3) is 4.75. The number of nitrogens with one attached hydrogen (secondary N) is 1. The molecule has 0 saturated carbocycles. The van der Waals surface area contributed by atoms with Crippen molar-refractivity contribution in [3.05, 3.63) is 33.2 Å². The summed E-state index contributed by atoms with van der Waals surface area (Å²) in [6.07, 6.45) is 1.73. The summed E-state index contributed by atoms with van der Waals surface area (Å²) >= 11 is 0. The molecule has 0 unspecified atom stereocenters. The van der Waals surface area contributed by atoms with E-state index in [1.54, 1.807) is 23.9 Å². The zero-order valence-corrected chi connectivity index (χ0v) is 17.7. The zero-order chi connectivity index (χ0) is 21.3. The number of likely N-dealkylation sites (N-methyl/N-ethyl adjacent to an activating group) is 1. The van der Waals surface area contributed by atoms with Gasteiger partial charge in [-0.05, 0) is 24.3 Å². The van der Waals surface area contributed by atoms with Crippen LogP contribution in [0.3, 0.4) is 0 Å². The highest BCUT2D eigenvalue weighted by Crippen LogP contribution is 2.33. The third-order valence-electron chi connectivity index (χ3n) is 5.68. The number of carbonyl (C=O) groups excluding carboxylic acids is 3. The van der Waals surface area contributed by atoms with E-state index in [0.717, 1.165) is 13.0 Å². The fourth-order valence-corrected chi connectivity index (χ4v) is 4.02. The van der Waals surface area contributed by atoms with E-state index in [1.165, 1.54) is 6.07 Å². The molecule has 3 rings (SSSR count). The van der Waals surface area contributed by atoms with Gasteiger partial charge in [0, 0.05) is 58.0 Å². The van der Waals surface area contributed by atoms with Crippen molar-refractivity contribution in [1.29, 1.82) is 0 Å². The van der Waals surface area contributed by atoms with E-state index in [9.17, 15) is 19.2 Å². The van der Waals surface area contributed by atoms with Crippen molar-refractivity contribution in [1.82, 2.24) is 19.7 Å². The van der Waals surface area contributed by atoms with Crippen molar-refractivity contribution in [3.8, 4) is 0 Å². The van der Waals surface area contributed by atoms with Crippen LogP contribution in [-0.2, 0) is 11.2 Å². The molecular formula is C21H30N4O4. The number of rotatable bonds is 3. The van der Waals surface area contributed by atoms with Crippen LogP contribution in [-0.4, -0.2) is 84.1 Å². The Balaban J connectivity index is 1.76. The lowest BCUT2D eigenvalue weighted by Gasteiger charge is -2.30. The Morgan fingerprint density at radius 1 is 1.10 bits per heavy atom. The second kappa shape index (κ2) is 8.10. The largest absolute Gasteiger partial charge is 0.348 e. The predicted octanol–water partition coefficient (Wildman–Crippen LogP) is 0.766. The highest BCUT2D eigenvalue weighted by molar-refractivity contribution is 6.02. The van der Waals surface area contributed by atoms with Gasteiger partial charge in [0.25, 0.3) is 11.5 Å². The second-order valence-corrected chi connectivity index (χ2v) is 9.06. The molecular weight excluding hydrogens is 372 g/mol. The molecule has 1 aliphatic heterocycles. The smallest absolute Gasteiger partial charge is 0.261 e. The van der Waals surface area contributed by atoms with E-state index in [0.29, 0.717) is 50.3 Å². The average molecular weight is 402 g/mol. The summed E-state index contributed by atoms with van der Waals surface area (Å²) in [7, 11) is 3.45. The minimum absolute atomic E-state index is 0.0228. The molecule has 1 aliphatic carbocycles. The molecule has 1 aromatic rings. The van der Waals surface area contributed by atoms with Gasteiger partial charge in [-0.2, -0.15) is 0 Å². The SMILES string of the molecule is CN(C)C(=O)CN1CCCN(C(=O)c2cc3c([nH]c2=O)CC(C)(C)CC3=O)CC1. The van der Waals surface area contributed by atoms with Gasteiger partial charge in [-0.25, -0.2) is 0 Å². The molecule has 8 heteroatoms. The van der Waals surface area contributed by atoms with Gasteiger partial charge >= 0.3 is 0 Å². The van der Waals surface area contributed by atoms with Crippen molar-refractivity contribution in [3.63, 3.8) is 0 Å². The summed E-state index contributed by atoms with van der Waals surface area (Å²) < 4.78 is 0. The van der Waals surface area contributed by atoms with Crippen LogP contribution < -0.4 is 5.56 Å². The average Bonchev–Trinajstić information content (AvgIpc) is 2.85. The number of ketones is 1. The first-order valence-electron chi connectivity index (χ1n) is 10.1. The lowest BCUT2D eigenvalue weighted by Crippen LogP contribution is -2.41. The molecule has 0 atom stereocenters. The quantitative estimate of drug-likeness (QED) is 0.806. The number of aromatic nitrogens is 1. The minimum Gasteiger partial charge on any atom is -0.348 e. The van der Waals surface area contributed by atoms with Gasteiger partial charge in [-0.1, -0.05) is 13.8 Å². The van der Waals surface area contributed by atoms with E-state index in [4.69, 9.17) is 0 Å². The van der Waals surface area contributed by atoms with Crippen LogP contribution in [0.1, 0.15) is 53.1 Å². The van der Waals surface area contributed by atoms with E-state index in [1.807, 2.05) is 18.7 Å². The van der Waals surface area contributed by atoms with Gasteiger partial charge in [0.2, 0.25) is 5.91 Å². The van der Waals surface area contributed by atoms with Crippen LogP contribution in [0.4, 0.5) is 0 Å². The zero-order valence-electron chi connectivity index (χ0n) is 17.7. The normalized spacial score (nSPS) is 19.4. The Kier molecular flexibility index (Phi) is 5.93. The molecule has 1 aromatic heterocycles. The molecule has 2 aliphatic rings. The highest BCUT2D eigenvalue weighted by atomic mass is 16.2. The molecule has 1 saturated heterocycles. The number of amides is 2. The van der Waals surface area contributed by atoms with Crippen molar-refractivity contribution in [2.24, 2.45) is 5.41 Å². The Hall–Kier alpha value is -2.48. The first kappa shape index (κ1) is 21.2. The van der Waals surface area contributed by atoms with Crippen molar-refractivity contribution in [2.45, 2.75) is 33.1 Å². The van der Waals surface area contributed by atoms with Gasteiger partial charge in [-0.3, -0.25) is 24.1 Å². The molecule has 0 aromatic carbocycles. The van der Waals surface area contributed by atoms with E-state index in [2.05, 4.69) is 4.98 Å². The Morgan fingerprint density at radius 3 is 2.52 bits per heavy atom. The molecule has 0 bridgehead atoms. The number of fused-ring (bicyclic) bond motifs is 1. The fraction of sp³-hybridized carbons (Fsp3) is 0.619. The minimum atomic E-state index is -0.442. The monoisotopic (exact) mass is 402 g/mol. The second-order valence-electron chi connectivity index (χ2n) is 9.06. The van der Waals surface area contributed by atoms with Crippen molar-refractivity contribution in [2.75, 3.05) is 46.8 Å². The van der Waals surface area contributed by atoms with Crippen molar-refractivity contribution >= 4 is 17.6 Å². The number of carbonyl (C=O) groups is 3. The maximum atomic E-state index is 13.0. The number of hydrogen-bond acceptors (Lipinski definition) is 5. The molecule has 2 heterocycles. The fourth-order valence-electron chi connectivity index (χ4n) is 4.02. The van der Waals surface area contributed by atoms with E-state index < -0.39 is 5.56 Å². The van der Waals surface area contributed by atoms with Crippen LogP contribution in [0, 0.1) is 5.41 Å². The summed E-state index contributed by atoms with van der Waals surface area (Å²) in [5.41, 5.74) is 0.465. The van der Waals surface area contributed by atoms with Crippen molar-refractivity contribution < 1.29 is 14.4 Å². The topological polar surface area (TPSA) is 93.8 Å². The van der Waals surface area contributed by atoms with Crippen LogP contribution in [0.5, 0.6) is 0 Å². The van der Waals surface area contributed by atoms with E-state index in [-0.39, 0.29) is 28.6 Å². The maximum Gasteiger partial charge on any atom is 0.261 e. The molecule has 29 heavy (non-hydrogen) atoms. The third-order valence-corrected chi connectivity index (χ3v) is 5.68. The Labute approximate surface area is 170 Å². The van der Waals surface area contributed by atoms with Crippen LogP contribution in [0.25, 0.3) is 0 Å². The number of Topliss-reactive ketones (excluding diaryl/α,β-unsaturated/α-hetero) is 1. The molecule has 1 fully saturated rings. The first-order valence-corrected chi connectivity index (χ1v) is 10.1. The van der Waals surface area contributed by atoms with Crippen LogP contribution in [0.15, 0.2) is 10.9 Å². The Bertz CT molecular complexity index is 887. The number of pyridine rings is 1. The van der Waals surface area contributed by atoms with Crippen LogP contribution >= 0.6 is 0 Å². The summed E-state index contributed by atoms with van der Waals surface area (Å²) in [5.74, 6) is -0.365. The number of H-pyrrole nitrogens is 1. The molecule has 1 N–H and O–H groups in total. The predicted molar refractivity (Wildman–Crippen MR) is 109 cm³/mol. The number of hydrogen-bond donors (Lipinski definition) is 1. The molecule has 158 valence electrons. The first-order chi connectivity index (χ1) is 13.6. The van der Waals surface area contributed by atoms with Gasteiger partial charge in [0.1, 0.15) is 5.56 Å². The summed E-state index contributed by atoms with van der Waals surface area (Å²) in [6, 6.07) is 1.48. The summed E-state index contributed by atoms with van der Waals surface area (Å²) in [4.78, 5) is 58.1. The van der Waals surface area contributed by atoms with Gasteiger partial charge in [-0.15, -0.1) is 0 Å². The number of nitrogens with zero attached hydrogens (tertiary/aromatic N) is 3. The van der Waals surface area contributed by atoms with E-state index >= 15 is 0 Å².